The molecular weight excluding hydrogens is 333 g/mol. The molecule has 0 radical (unpaired) electrons. The third-order valence-corrected chi connectivity index (χ3v) is 5.66. The van der Waals surface area contributed by atoms with Crippen molar-refractivity contribution in [3.05, 3.63) is 35.6 Å². The molecule has 2 saturated heterocycles. The summed E-state index contributed by atoms with van der Waals surface area (Å²) in [6, 6.07) is 6.61. The van der Waals surface area contributed by atoms with Crippen LogP contribution in [0, 0.1) is 11.7 Å². The molecule has 0 bridgehead atoms. The lowest BCUT2D eigenvalue weighted by molar-refractivity contribution is -0.150. The Morgan fingerprint density at radius 2 is 2.12 bits per heavy atom. The van der Waals surface area contributed by atoms with Gasteiger partial charge in [0.25, 0.3) is 0 Å². The molecule has 0 N–H and O–H groups in total. The quantitative estimate of drug-likeness (QED) is 0.718. The van der Waals surface area contributed by atoms with Crippen LogP contribution in [0.1, 0.15) is 64.0 Å². The summed E-state index contributed by atoms with van der Waals surface area (Å²) in [5.74, 6) is -0.459. The molecule has 0 saturated carbocycles. The maximum atomic E-state index is 13.6. The minimum absolute atomic E-state index is 0.0417. The third kappa shape index (κ3) is 4.44. The number of halogens is 1. The van der Waals surface area contributed by atoms with Gasteiger partial charge in [-0.2, -0.15) is 0 Å². The minimum atomic E-state index is -0.481. The molecule has 1 aromatic carbocycles. The molecule has 1 amide bonds. The molecule has 1 unspecified atom stereocenters. The van der Waals surface area contributed by atoms with Crippen LogP contribution in [-0.2, 0) is 14.3 Å². The highest BCUT2D eigenvalue weighted by molar-refractivity contribution is 5.80. The Morgan fingerprint density at radius 3 is 2.81 bits per heavy atom. The second kappa shape index (κ2) is 8.49. The van der Waals surface area contributed by atoms with Crippen molar-refractivity contribution in [3.8, 4) is 0 Å². The van der Waals surface area contributed by atoms with Crippen LogP contribution in [-0.4, -0.2) is 36.4 Å². The number of benzene rings is 1. The molecular formula is C21H30FNO3. The van der Waals surface area contributed by atoms with Crippen LogP contribution in [0.4, 0.5) is 4.39 Å². The highest BCUT2D eigenvalue weighted by Crippen LogP contribution is 2.33. The number of ether oxygens (including phenoxy) is 2. The second-order valence-electron chi connectivity index (χ2n) is 7.57. The maximum Gasteiger partial charge on any atom is 0.226 e. The summed E-state index contributed by atoms with van der Waals surface area (Å²) in [4.78, 5) is 15.0. The molecule has 5 heteroatoms. The van der Waals surface area contributed by atoms with Gasteiger partial charge in [-0.3, -0.25) is 4.79 Å². The number of carbonyl (C=O) groups is 1. The monoisotopic (exact) mass is 363 g/mol. The Balaban J connectivity index is 1.61. The summed E-state index contributed by atoms with van der Waals surface area (Å²) >= 11 is 0. The van der Waals surface area contributed by atoms with E-state index in [1.807, 2.05) is 17.9 Å². The molecule has 2 aliphatic rings. The van der Waals surface area contributed by atoms with Gasteiger partial charge in [-0.15, -0.1) is 0 Å². The molecule has 3 rings (SSSR count). The topological polar surface area (TPSA) is 38.8 Å². The van der Waals surface area contributed by atoms with Crippen LogP contribution in [0.15, 0.2) is 24.3 Å². The SMILES string of the molecule is CC[C@@H](c1cccc(F)c1)N1CCCC(CCCC2(C)OCCO2)C1=O. The predicted octanol–water partition coefficient (Wildman–Crippen LogP) is 4.45. The maximum absolute atomic E-state index is 13.6. The van der Waals surface area contributed by atoms with E-state index in [0.29, 0.717) is 13.2 Å². The fraction of sp³-hybridized carbons (Fsp3) is 0.667. The molecule has 2 atom stereocenters. The van der Waals surface area contributed by atoms with Crippen LogP contribution in [0.5, 0.6) is 0 Å². The van der Waals surface area contributed by atoms with Crippen molar-refractivity contribution in [2.45, 2.75) is 64.2 Å². The zero-order valence-electron chi connectivity index (χ0n) is 15.9. The zero-order chi connectivity index (χ0) is 18.6. The first-order chi connectivity index (χ1) is 12.5. The number of likely N-dealkylation sites (tertiary alicyclic amines) is 1. The predicted molar refractivity (Wildman–Crippen MR) is 98.0 cm³/mol. The van der Waals surface area contributed by atoms with Crippen molar-refractivity contribution < 1.29 is 18.7 Å². The van der Waals surface area contributed by atoms with Gasteiger partial charge in [-0.1, -0.05) is 19.1 Å². The second-order valence-corrected chi connectivity index (χ2v) is 7.57. The van der Waals surface area contributed by atoms with Gasteiger partial charge in [-0.05, 0) is 56.7 Å². The van der Waals surface area contributed by atoms with E-state index in [1.54, 1.807) is 12.1 Å². The number of hydrogen-bond acceptors (Lipinski definition) is 3. The fourth-order valence-corrected chi connectivity index (χ4v) is 4.27. The van der Waals surface area contributed by atoms with Gasteiger partial charge in [0.05, 0.1) is 19.3 Å². The minimum Gasteiger partial charge on any atom is -0.348 e. The van der Waals surface area contributed by atoms with Crippen molar-refractivity contribution in [1.29, 1.82) is 0 Å². The molecule has 2 heterocycles. The molecule has 0 aromatic heterocycles. The number of hydrogen-bond donors (Lipinski definition) is 0. The molecule has 144 valence electrons. The van der Waals surface area contributed by atoms with Crippen LogP contribution in [0.25, 0.3) is 0 Å². The van der Waals surface area contributed by atoms with Crippen molar-refractivity contribution in [1.82, 2.24) is 4.90 Å². The summed E-state index contributed by atoms with van der Waals surface area (Å²) in [6.45, 7) is 6.10. The Morgan fingerprint density at radius 1 is 1.35 bits per heavy atom. The van der Waals surface area contributed by atoms with E-state index in [-0.39, 0.29) is 23.7 Å². The average Bonchev–Trinajstić information content (AvgIpc) is 3.05. The van der Waals surface area contributed by atoms with Crippen LogP contribution in [0.3, 0.4) is 0 Å². The van der Waals surface area contributed by atoms with Crippen molar-refractivity contribution in [3.63, 3.8) is 0 Å². The lowest BCUT2D eigenvalue weighted by Gasteiger charge is -2.38. The first-order valence-corrected chi connectivity index (χ1v) is 9.86. The highest BCUT2D eigenvalue weighted by atomic mass is 19.1. The van der Waals surface area contributed by atoms with Gasteiger partial charge in [0.15, 0.2) is 5.79 Å². The fourth-order valence-electron chi connectivity index (χ4n) is 4.27. The van der Waals surface area contributed by atoms with Crippen molar-refractivity contribution in [2.24, 2.45) is 5.92 Å². The van der Waals surface area contributed by atoms with Crippen LogP contribution >= 0.6 is 0 Å². The number of carbonyl (C=O) groups excluding carboxylic acids is 1. The Labute approximate surface area is 155 Å². The largest absolute Gasteiger partial charge is 0.348 e. The highest BCUT2D eigenvalue weighted by Gasteiger charge is 2.35. The molecule has 26 heavy (non-hydrogen) atoms. The molecule has 4 nitrogen and oxygen atoms in total. The van der Waals surface area contributed by atoms with Crippen LogP contribution in [0.2, 0.25) is 0 Å². The standard InChI is InChI=1S/C21H30FNO3/c1-3-19(17-7-4-10-18(22)15-17)23-12-6-9-16(20(23)24)8-5-11-21(2)25-13-14-26-21/h4,7,10,15-16,19H,3,5-6,8-9,11-14H2,1-2H3/t16?,19-/m0/s1. The van der Waals surface area contributed by atoms with Gasteiger partial charge >= 0.3 is 0 Å². The summed E-state index contributed by atoms with van der Waals surface area (Å²) in [5, 5.41) is 0. The number of rotatable bonds is 7. The van der Waals surface area contributed by atoms with Crippen LogP contribution < -0.4 is 0 Å². The van der Waals surface area contributed by atoms with Crippen molar-refractivity contribution >= 4 is 5.91 Å². The lowest BCUT2D eigenvalue weighted by atomic mass is 9.89. The molecule has 2 aliphatic heterocycles. The van der Waals surface area contributed by atoms with Gasteiger partial charge < -0.3 is 14.4 Å². The van der Waals surface area contributed by atoms with E-state index in [2.05, 4.69) is 6.92 Å². The van der Waals surface area contributed by atoms with E-state index in [9.17, 15) is 9.18 Å². The Bertz CT molecular complexity index is 615. The Kier molecular flexibility index (Phi) is 6.30. The average molecular weight is 363 g/mol. The summed E-state index contributed by atoms with van der Waals surface area (Å²) in [7, 11) is 0. The number of piperidine rings is 1. The first kappa shape index (κ1) is 19.3. The third-order valence-electron chi connectivity index (χ3n) is 5.66. The molecule has 2 fully saturated rings. The van der Waals surface area contributed by atoms with E-state index in [0.717, 1.165) is 50.6 Å². The summed E-state index contributed by atoms with van der Waals surface area (Å²) in [6.07, 6.45) is 5.33. The van der Waals surface area contributed by atoms with Gasteiger partial charge in [0, 0.05) is 18.9 Å². The van der Waals surface area contributed by atoms with E-state index < -0.39 is 5.79 Å². The zero-order valence-corrected chi connectivity index (χ0v) is 15.9. The summed E-state index contributed by atoms with van der Waals surface area (Å²) < 4.78 is 24.9. The van der Waals surface area contributed by atoms with Gasteiger partial charge in [0.1, 0.15) is 5.82 Å². The Hall–Kier alpha value is -1.46. The van der Waals surface area contributed by atoms with Gasteiger partial charge in [-0.25, -0.2) is 4.39 Å². The smallest absolute Gasteiger partial charge is 0.226 e. The number of amides is 1. The number of nitrogens with zero attached hydrogens (tertiary/aromatic N) is 1. The van der Waals surface area contributed by atoms with Gasteiger partial charge in [0.2, 0.25) is 5.91 Å². The molecule has 1 aromatic rings. The molecule has 0 aliphatic carbocycles. The normalized spacial score (nSPS) is 24.0. The summed E-state index contributed by atoms with van der Waals surface area (Å²) in [5.41, 5.74) is 0.891. The lowest BCUT2D eigenvalue weighted by Crippen LogP contribution is -2.43. The molecule has 0 spiro atoms. The van der Waals surface area contributed by atoms with E-state index >= 15 is 0 Å². The first-order valence-electron chi connectivity index (χ1n) is 9.86. The van der Waals surface area contributed by atoms with Crippen molar-refractivity contribution in [2.75, 3.05) is 19.8 Å². The van der Waals surface area contributed by atoms with E-state index in [4.69, 9.17) is 9.47 Å². The van der Waals surface area contributed by atoms with E-state index in [1.165, 1.54) is 6.07 Å².